The molecule has 4 nitrogen and oxygen atoms in total. The van der Waals surface area contributed by atoms with Crippen molar-refractivity contribution in [2.24, 2.45) is 0 Å². The van der Waals surface area contributed by atoms with Crippen LogP contribution in [-0.2, 0) is 13.0 Å². The number of aryl methyl sites for hydroxylation is 1. The van der Waals surface area contributed by atoms with Crippen LogP contribution >= 0.6 is 0 Å². The highest BCUT2D eigenvalue weighted by atomic mass is 19.1. The van der Waals surface area contributed by atoms with Gasteiger partial charge in [-0.25, -0.2) is 9.18 Å². The first-order valence-electron chi connectivity index (χ1n) is 9.33. The largest absolute Gasteiger partial charge is 0.417 e. The van der Waals surface area contributed by atoms with Gasteiger partial charge in [0.2, 0.25) is 0 Å². The van der Waals surface area contributed by atoms with Gasteiger partial charge < -0.3 is 9.64 Å². The van der Waals surface area contributed by atoms with Crippen molar-refractivity contribution in [3.05, 3.63) is 89.7 Å². The third kappa shape index (κ3) is 4.31. The van der Waals surface area contributed by atoms with Gasteiger partial charge >= 0.3 is 6.09 Å². The van der Waals surface area contributed by atoms with Crippen LogP contribution in [0.1, 0.15) is 17.5 Å². The number of amides is 1. The maximum absolute atomic E-state index is 13.0. The van der Waals surface area contributed by atoms with Gasteiger partial charge in [-0.15, -0.1) is 0 Å². The summed E-state index contributed by atoms with van der Waals surface area (Å²) < 4.78 is 18.4. The van der Waals surface area contributed by atoms with Crippen molar-refractivity contribution in [2.45, 2.75) is 19.4 Å². The van der Waals surface area contributed by atoms with Crippen molar-refractivity contribution in [1.82, 2.24) is 0 Å². The number of hydrogen-bond acceptors (Lipinski definition) is 3. The lowest BCUT2D eigenvalue weighted by atomic mass is 10.0. The summed E-state index contributed by atoms with van der Waals surface area (Å²) >= 11 is 0. The summed E-state index contributed by atoms with van der Waals surface area (Å²) in [6.07, 6.45) is 1.52. The Labute approximate surface area is 163 Å². The first-order valence-corrected chi connectivity index (χ1v) is 9.33. The standard InChI is InChI=1S/C23H21FN2O2/c24-19-9-11-20(12-10-19)25-23(27)28-21-13-8-18-7-4-14-26(22(18)15-21)16-17-5-2-1-3-6-17/h1-3,5-6,8-13,15H,4,7,14,16H2,(H,25,27). The molecule has 0 saturated carbocycles. The summed E-state index contributed by atoms with van der Waals surface area (Å²) in [5.74, 6) is 0.130. The SMILES string of the molecule is O=C(Nc1ccc(F)cc1)Oc1ccc2c(c1)N(Cc1ccccc1)CCC2. The van der Waals surface area contributed by atoms with Gasteiger partial charge in [0.05, 0.1) is 0 Å². The van der Waals surface area contributed by atoms with Crippen molar-refractivity contribution in [3.63, 3.8) is 0 Å². The van der Waals surface area contributed by atoms with E-state index in [1.807, 2.05) is 36.4 Å². The average Bonchev–Trinajstić information content (AvgIpc) is 2.71. The van der Waals surface area contributed by atoms with E-state index in [1.54, 1.807) is 0 Å². The van der Waals surface area contributed by atoms with Gasteiger partial charge in [-0.2, -0.15) is 0 Å². The van der Waals surface area contributed by atoms with Gasteiger partial charge in [0.1, 0.15) is 11.6 Å². The van der Waals surface area contributed by atoms with Crippen molar-refractivity contribution < 1.29 is 13.9 Å². The van der Waals surface area contributed by atoms with E-state index < -0.39 is 6.09 Å². The van der Waals surface area contributed by atoms with E-state index >= 15 is 0 Å². The molecule has 0 radical (unpaired) electrons. The molecule has 0 unspecified atom stereocenters. The summed E-state index contributed by atoms with van der Waals surface area (Å²) in [5, 5.41) is 2.61. The first-order chi connectivity index (χ1) is 13.7. The molecule has 0 bridgehead atoms. The Morgan fingerprint density at radius 2 is 1.82 bits per heavy atom. The van der Waals surface area contributed by atoms with E-state index in [4.69, 9.17) is 4.74 Å². The topological polar surface area (TPSA) is 41.6 Å². The fourth-order valence-electron chi connectivity index (χ4n) is 3.45. The van der Waals surface area contributed by atoms with Crippen LogP contribution in [0.2, 0.25) is 0 Å². The fraction of sp³-hybridized carbons (Fsp3) is 0.174. The molecule has 28 heavy (non-hydrogen) atoms. The number of hydrogen-bond donors (Lipinski definition) is 1. The third-order valence-electron chi connectivity index (χ3n) is 4.79. The maximum Gasteiger partial charge on any atom is 0.417 e. The third-order valence-corrected chi connectivity index (χ3v) is 4.79. The molecule has 3 aromatic rings. The molecule has 0 saturated heterocycles. The van der Waals surface area contributed by atoms with Gasteiger partial charge in [0.15, 0.2) is 0 Å². The quantitative estimate of drug-likeness (QED) is 0.664. The van der Waals surface area contributed by atoms with E-state index in [0.29, 0.717) is 11.4 Å². The van der Waals surface area contributed by atoms with Crippen LogP contribution < -0.4 is 15.0 Å². The van der Waals surface area contributed by atoms with Crippen molar-refractivity contribution in [2.75, 3.05) is 16.8 Å². The van der Waals surface area contributed by atoms with Gasteiger partial charge in [0.25, 0.3) is 0 Å². The molecular weight excluding hydrogens is 355 g/mol. The second kappa shape index (κ2) is 8.13. The monoisotopic (exact) mass is 376 g/mol. The number of halogens is 1. The van der Waals surface area contributed by atoms with Crippen molar-refractivity contribution >= 4 is 17.5 Å². The summed E-state index contributed by atoms with van der Waals surface area (Å²) in [5.41, 5.74) is 4.08. The number of nitrogens with one attached hydrogen (secondary N) is 1. The highest BCUT2D eigenvalue weighted by Gasteiger charge is 2.18. The van der Waals surface area contributed by atoms with Crippen LogP contribution in [0.15, 0.2) is 72.8 Å². The number of carbonyl (C=O) groups is 1. The van der Waals surface area contributed by atoms with Crippen LogP contribution in [0.4, 0.5) is 20.6 Å². The first kappa shape index (κ1) is 18.0. The predicted molar refractivity (Wildman–Crippen MR) is 108 cm³/mol. The van der Waals surface area contributed by atoms with Crippen LogP contribution in [0.25, 0.3) is 0 Å². The molecule has 0 spiro atoms. The number of benzene rings is 3. The van der Waals surface area contributed by atoms with Gasteiger partial charge in [-0.1, -0.05) is 36.4 Å². The molecule has 0 aliphatic carbocycles. The van der Waals surface area contributed by atoms with Crippen LogP contribution in [0.5, 0.6) is 5.75 Å². The van der Waals surface area contributed by atoms with E-state index in [-0.39, 0.29) is 5.82 Å². The molecule has 1 heterocycles. The highest BCUT2D eigenvalue weighted by Crippen LogP contribution is 2.32. The van der Waals surface area contributed by atoms with Gasteiger partial charge in [-0.3, -0.25) is 5.32 Å². The zero-order valence-corrected chi connectivity index (χ0v) is 15.4. The Kier molecular flexibility index (Phi) is 5.24. The van der Waals surface area contributed by atoms with E-state index in [0.717, 1.165) is 31.6 Å². The lowest BCUT2D eigenvalue weighted by Crippen LogP contribution is -2.29. The highest BCUT2D eigenvalue weighted by molar-refractivity contribution is 5.86. The Bertz CT molecular complexity index is 958. The van der Waals surface area contributed by atoms with Crippen molar-refractivity contribution in [3.8, 4) is 5.75 Å². The zero-order valence-electron chi connectivity index (χ0n) is 15.4. The lowest BCUT2D eigenvalue weighted by molar-refractivity contribution is 0.215. The molecule has 1 aliphatic heterocycles. The molecule has 1 aliphatic rings. The average molecular weight is 376 g/mol. The molecule has 3 aromatic carbocycles. The van der Waals surface area contributed by atoms with Crippen molar-refractivity contribution in [1.29, 1.82) is 0 Å². The molecule has 142 valence electrons. The lowest BCUT2D eigenvalue weighted by Gasteiger charge is -2.31. The second-order valence-electron chi connectivity index (χ2n) is 6.82. The summed E-state index contributed by atoms with van der Waals surface area (Å²) in [7, 11) is 0. The van der Waals surface area contributed by atoms with E-state index in [2.05, 4.69) is 22.3 Å². The number of fused-ring (bicyclic) bond motifs is 1. The summed E-state index contributed by atoms with van der Waals surface area (Å²) in [6, 6.07) is 21.6. The maximum atomic E-state index is 13.0. The van der Waals surface area contributed by atoms with Crippen LogP contribution in [0, 0.1) is 5.82 Å². The number of rotatable bonds is 4. The summed E-state index contributed by atoms with van der Waals surface area (Å²) in [4.78, 5) is 14.5. The molecule has 1 amide bonds. The Morgan fingerprint density at radius 1 is 1.04 bits per heavy atom. The smallest absolute Gasteiger partial charge is 0.410 e. The second-order valence-corrected chi connectivity index (χ2v) is 6.82. The minimum atomic E-state index is -0.600. The molecular formula is C23H21FN2O2. The zero-order chi connectivity index (χ0) is 19.3. The number of nitrogens with zero attached hydrogens (tertiary/aromatic N) is 1. The Hall–Kier alpha value is -3.34. The Morgan fingerprint density at radius 3 is 2.61 bits per heavy atom. The molecule has 1 N–H and O–H groups in total. The molecule has 0 atom stereocenters. The molecule has 4 rings (SSSR count). The van der Waals surface area contributed by atoms with Crippen LogP contribution in [0.3, 0.4) is 0 Å². The summed E-state index contributed by atoms with van der Waals surface area (Å²) in [6.45, 7) is 1.78. The van der Waals surface area contributed by atoms with Crippen LogP contribution in [-0.4, -0.2) is 12.6 Å². The predicted octanol–water partition coefficient (Wildman–Crippen LogP) is 5.39. The van der Waals surface area contributed by atoms with E-state index in [9.17, 15) is 9.18 Å². The van der Waals surface area contributed by atoms with Gasteiger partial charge in [0, 0.05) is 30.5 Å². The van der Waals surface area contributed by atoms with E-state index in [1.165, 1.54) is 35.4 Å². The minimum Gasteiger partial charge on any atom is -0.410 e. The fourth-order valence-corrected chi connectivity index (χ4v) is 3.45. The molecule has 0 fully saturated rings. The Balaban J connectivity index is 1.48. The number of ether oxygens (including phenoxy) is 1. The molecule has 0 aromatic heterocycles. The molecule has 5 heteroatoms. The normalized spacial score (nSPS) is 13.0. The number of anilines is 2. The number of carbonyl (C=O) groups excluding carboxylic acids is 1. The minimum absolute atomic E-state index is 0.355. The van der Waals surface area contributed by atoms with Gasteiger partial charge in [-0.05, 0) is 54.3 Å².